The van der Waals surface area contributed by atoms with Crippen LogP contribution in [0.5, 0.6) is 0 Å². The molecular formula is C20H27N7O2. The molecule has 1 fully saturated rings. The minimum Gasteiger partial charge on any atom is -0.384 e. The van der Waals surface area contributed by atoms with Gasteiger partial charge in [0, 0.05) is 24.7 Å². The molecule has 0 spiro atoms. The zero-order chi connectivity index (χ0) is 20.5. The highest BCUT2D eigenvalue weighted by Crippen LogP contribution is 2.38. The van der Waals surface area contributed by atoms with Gasteiger partial charge >= 0.3 is 0 Å². The van der Waals surface area contributed by atoms with E-state index >= 15 is 0 Å². The third-order valence-corrected chi connectivity index (χ3v) is 5.20. The van der Waals surface area contributed by atoms with E-state index in [4.69, 9.17) is 10.5 Å². The van der Waals surface area contributed by atoms with Crippen molar-refractivity contribution in [2.45, 2.75) is 45.1 Å². The van der Waals surface area contributed by atoms with Crippen molar-refractivity contribution in [3.05, 3.63) is 24.5 Å². The molecule has 1 aliphatic carbocycles. The average molecular weight is 397 g/mol. The van der Waals surface area contributed by atoms with E-state index in [0.717, 1.165) is 43.4 Å². The Morgan fingerprint density at radius 3 is 2.86 bits per heavy atom. The van der Waals surface area contributed by atoms with Gasteiger partial charge in [-0.1, -0.05) is 24.5 Å². The van der Waals surface area contributed by atoms with Crippen LogP contribution in [-0.2, 0) is 16.1 Å². The molecule has 1 saturated carbocycles. The maximum Gasteiger partial charge on any atom is 0.221 e. The zero-order valence-electron chi connectivity index (χ0n) is 16.5. The smallest absolute Gasteiger partial charge is 0.221 e. The number of anilines is 1. The molecule has 3 rings (SSSR count). The topological polar surface area (TPSA) is 132 Å². The Kier molecular flexibility index (Phi) is 7.14. The van der Waals surface area contributed by atoms with Crippen molar-refractivity contribution in [1.29, 1.82) is 5.26 Å². The summed E-state index contributed by atoms with van der Waals surface area (Å²) in [4.78, 5) is 16.2. The van der Waals surface area contributed by atoms with Crippen LogP contribution in [0.15, 0.2) is 24.5 Å². The van der Waals surface area contributed by atoms with Crippen molar-refractivity contribution in [3.63, 3.8) is 0 Å². The molecular weight excluding hydrogens is 370 g/mol. The Labute approximate surface area is 170 Å². The SMILES string of the molecule is N#CC1(CC(=O)NCCOCCn2cc(-c3ccc(N)nc3)nn2)CCCCC1. The number of nitrogens with two attached hydrogens (primary N) is 1. The fourth-order valence-corrected chi connectivity index (χ4v) is 3.55. The lowest BCUT2D eigenvalue weighted by atomic mass is 9.73. The molecule has 9 nitrogen and oxygen atoms in total. The molecule has 1 amide bonds. The summed E-state index contributed by atoms with van der Waals surface area (Å²) in [6.45, 7) is 1.86. The molecule has 0 radical (unpaired) electrons. The van der Waals surface area contributed by atoms with Crippen molar-refractivity contribution in [2.24, 2.45) is 5.41 Å². The van der Waals surface area contributed by atoms with Crippen LogP contribution in [0.4, 0.5) is 5.82 Å². The van der Waals surface area contributed by atoms with Crippen LogP contribution >= 0.6 is 0 Å². The number of nitriles is 1. The monoisotopic (exact) mass is 397 g/mol. The first-order valence-electron chi connectivity index (χ1n) is 9.98. The lowest BCUT2D eigenvalue weighted by molar-refractivity contribution is -0.123. The van der Waals surface area contributed by atoms with Gasteiger partial charge in [0.05, 0.1) is 37.4 Å². The van der Waals surface area contributed by atoms with Gasteiger partial charge in [-0.15, -0.1) is 5.10 Å². The standard InChI is InChI=1S/C20H27N7O2/c21-15-20(6-2-1-3-7-20)12-19(28)23-8-10-29-11-9-27-14-17(25-26-27)16-4-5-18(22)24-13-16/h4-5,13-14H,1-3,6-12H2,(H2,22,24)(H,23,28). The second-order valence-electron chi connectivity index (χ2n) is 7.43. The number of nitrogens with zero attached hydrogens (tertiary/aromatic N) is 5. The number of hydrogen-bond donors (Lipinski definition) is 2. The maximum absolute atomic E-state index is 12.1. The van der Waals surface area contributed by atoms with Crippen molar-refractivity contribution in [1.82, 2.24) is 25.3 Å². The number of amides is 1. The largest absolute Gasteiger partial charge is 0.384 e. The number of hydrogen-bond acceptors (Lipinski definition) is 7. The van der Waals surface area contributed by atoms with E-state index < -0.39 is 5.41 Å². The molecule has 0 aliphatic heterocycles. The summed E-state index contributed by atoms with van der Waals surface area (Å²) in [6.07, 6.45) is 8.62. The van der Waals surface area contributed by atoms with Crippen LogP contribution < -0.4 is 11.1 Å². The number of aromatic nitrogens is 4. The fraction of sp³-hybridized carbons (Fsp3) is 0.550. The summed E-state index contributed by atoms with van der Waals surface area (Å²) in [5.74, 6) is 0.387. The van der Waals surface area contributed by atoms with Crippen LogP contribution in [0.3, 0.4) is 0 Å². The van der Waals surface area contributed by atoms with Gasteiger partial charge in [-0.05, 0) is 25.0 Å². The van der Waals surface area contributed by atoms with E-state index in [-0.39, 0.29) is 12.3 Å². The Balaban J connectivity index is 1.32. The lowest BCUT2D eigenvalue weighted by Gasteiger charge is -2.29. The zero-order valence-corrected chi connectivity index (χ0v) is 16.5. The first-order valence-corrected chi connectivity index (χ1v) is 9.98. The number of ether oxygens (including phenoxy) is 1. The summed E-state index contributed by atoms with van der Waals surface area (Å²) in [5, 5.41) is 20.5. The molecule has 1 aliphatic rings. The van der Waals surface area contributed by atoms with Gasteiger partial charge in [-0.2, -0.15) is 5.26 Å². The van der Waals surface area contributed by atoms with E-state index in [1.165, 1.54) is 0 Å². The molecule has 2 aromatic heterocycles. The molecule has 29 heavy (non-hydrogen) atoms. The van der Waals surface area contributed by atoms with E-state index in [2.05, 4.69) is 26.7 Å². The molecule has 0 aromatic carbocycles. The summed E-state index contributed by atoms with van der Waals surface area (Å²) in [5.41, 5.74) is 6.68. The van der Waals surface area contributed by atoms with Crippen LogP contribution in [0.25, 0.3) is 11.3 Å². The van der Waals surface area contributed by atoms with Crippen LogP contribution in [0, 0.1) is 16.7 Å². The quantitative estimate of drug-likeness (QED) is 0.618. The average Bonchev–Trinajstić information content (AvgIpc) is 3.20. The first kappa shape index (κ1) is 20.7. The van der Waals surface area contributed by atoms with E-state index in [0.29, 0.717) is 32.1 Å². The summed E-state index contributed by atoms with van der Waals surface area (Å²) >= 11 is 0. The molecule has 2 heterocycles. The molecule has 3 N–H and O–H groups in total. The molecule has 154 valence electrons. The minimum atomic E-state index is -0.478. The first-order chi connectivity index (χ1) is 14.1. The molecule has 0 atom stereocenters. The number of carbonyl (C=O) groups excluding carboxylic acids is 1. The van der Waals surface area contributed by atoms with Crippen LogP contribution in [0.2, 0.25) is 0 Å². The maximum atomic E-state index is 12.1. The third-order valence-electron chi connectivity index (χ3n) is 5.20. The van der Waals surface area contributed by atoms with Crippen molar-refractivity contribution < 1.29 is 9.53 Å². The minimum absolute atomic E-state index is 0.0740. The summed E-state index contributed by atoms with van der Waals surface area (Å²) in [6, 6.07) is 5.94. The Hall–Kier alpha value is -2.99. The van der Waals surface area contributed by atoms with Crippen molar-refractivity contribution >= 4 is 11.7 Å². The van der Waals surface area contributed by atoms with Gasteiger partial charge in [0.25, 0.3) is 0 Å². The van der Waals surface area contributed by atoms with E-state index in [1.54, 1.807) is 16.9 Å². The fourth-order valence-electron chi connectivity index (χ4n) is 3.55. The highest BCUT2D eigenvalue weighted by atomic mass is 16.5. The van der Waals surface area contributed by atoms with Gasteiger partial charge in [-0.3, -0.25) is 4.79 Å². The van der Waals surface area contributed by atoms with Crippen LogP contribution in [-0.4, -0.2) is 45.6 Å². The molecule has 0 bridgehead atoms. The molecule has 2 aromatic rings. The number of nitrogen functional groups attached to an aromatic ring is 1. The predicted molar refractivity (Wildman–Crippen MR) is 107 cm³/mol. The van der Waals surface area contributed by atoms with Gasteiger partial charge in [0.15, 0.2) is 0 Å². The number of rotatable bonds is 9. The van der Waals surface area contributed by atoms with E-state index in [1.807, 2.05) is 12.3 Å². The number of nitrogens with one attached hydrogen (secondary N) is 1. The normalized spacial score (nSPS) is 15.6. The third kappa shape index (κ3) is 5.99. The summed E-state index contributed by atoms with van der Waals surface area (Å²) < 4.78 is 7.26. The molecule has 0 saturated heterocycles. The predicted octanol–water partition coefficient (Wildman–Crippen LogP) is 1.92. The molecule has 0 unspecified atom stereocenters. The lowest BCUT2D eigenvalue weighted by Crippen LogP contribution is -2.34. The van der Waals surface area contributed by atoms with Crippen molar-refractivity contribution in [2.75, 3.05) is 25.5 Å². The Morgan fingerprint density at radius 1 is 1.31 bits per heavy atom. The second kappa shape index (κ2) is 9.98. The Bertz CT molecular complexity index is 835. The highest BCUT2D eigenvalue weighted by molar-refractivity contribution is 5.77. The Morgan fingerprint density at radius 2 is 2.14 bits per heavy atom. The van der Waals surface area contributed by atoms with Gasteiger partial charge < -0.3 is 15.8 Å². The number of pyridine rings is 1. The van der Waals surface area contributed by atoms with Gasteiger partial charge in [0.2, 0.25) is 5.91 Å². The van der Waals surface area contributed by atoms with Crippen molar-refractivity contribution in [3.8, 4) is 17.3 Å². The van der Waals surface area contributed by atoms with Gasteiger partial charge in [0.1, 0.15) is 11.5 Å². The molecule has 9 heteroatoms. The second-order valence-corrected chi connectivity index (χ2v) is 7.43. The number of carbonyl (C=O) groups is 1. The summed E-state index contributed by atoms with van der Waals surface area (Å²) in [7, 11) is 0. The highest BCUT2D eigenvalue weighted by Gasteiger charge is 2.34. The van der Waals surface area contributed by atoms with Crippen LogP contribution in [0.1, 0.15) is 38.5 Å². The van der Waals surface area contributed by atoms with E-state index in [9.17, 15) is 10.1 Å². The van der Waals surface area contributed by atoms with Gasteiger partial charge in [-0.25, -0.2) is 9.67 Å².